The quantitative estimate of drug-likeness (QED) is 0.465. The number of benzene rings is 1. The number of hydrogen-bond acceptors (Lipinski definition) is 5. The number of carbonyl (C=O) groups excluding carboxylic acids is 1. The average molecular weight is 303 g/mol. The van der Waals surface area contributed by atoms with E-state index < -0.39 is 4.92 Å². The smallest absolute Gasteiger partial charge is 0.312 e. The predicted octanol–water partition coefficient (Wildman–Crippen LogP) is 2.69. The maximum atomic E-state index is 11.5. The standard InChI is InChI=1S/C15H17N3O4/c1-10-15(18(20)21)11(2)17(16-10)8-9-22-14-7-5-4-6-13(14)12(3)19/h4-7H,8-9H2,1-3H3. The van der Waals surface area contributed by atoms with Crippen LogP contribution in [0.3, 0.4) is 0 Å². The Hall–Kier alpha value is -2.70. The van der Waals surface area contributed by atoms with E-state index in [-0.39, 0.29) is 18.1 Å². The van der Waals surface area contributed by atoms with Crippen LogP contribution >= 0.6 is 0 Å². The molecule has 7 nitrogen and oxygen atoms in total. The maximum Gasteiger partial charge on any atom is 0.312 e. The van der Waals surface area contributed by atoms with Crippen LogP contribution in [-0.4, -0.2) is 27.1 Å². The molecule has 2 rings (SSSR count). The van der Waals surface area contributed by atoms with Gasteiger partial charge >= 0.3 is 5.69 Å². The van der Waals surface area contributed by atoms with E-state index in [4.69, 9.17) is 4.74 Å². The fraction of sp³-hybridized carbons (Fsp3) is 0.333. The van der Waals surface area contributed by atoms with Crippen molar-refractivity contribution in [1.29, 1.82) is 0 Å². The third-order valence-corrected chi connectivity index (χ3v) is 3.35. The molecule has 0 aliphatic carbocycles. The molecule has 0 spiro atoms. The number of Topliss-reactive ketones (excluding diaryl/α,β-unsaturated/α-hetero) is 1. The number of nitrogens with zero attached hydrogens (tertiary/aromatic N) is 3. The number of carbonyl (C=O) groups is 1. The highest BCUT2D eigenvalue weighted by Gasteiger charge is 2.21. The van der Waals surface area contributed by atoms with Crippen LogP contribution in [0.25, 0.3) is 0 Å². The number of aromatic nitrogens is 2. The predicted molar refractivity (Wildman–Crippen MR) is 80.3 cm³/mol. The molecular weight excluding hydrogens is 286 g/mol. The van der Waals surface area contributed by atoms with Gasteiger partial charge in [-0.25, -0.2) is 0 Å². The minimum atomic E-state index is -0.430. The van der Waals surface area contributed by atoms with E-state index >= 15 is 0 Å². The van der Waals surface area contributed by atoms with Crippen molar-refractivity contribution in [2.75, 3.05) is 6.61 Å². The van der Waals surface area contributed by atoms with E-state index in [2.05, 4.69) is 5.10 Å². The number of aryl methyl sites for hydroxylation is 1. The van der Waals surface area contributed by atoms with Gasteiger partial charge < -0.3 is 4.74 Å². The molecule has 0 fully saturated rings. The molecule has 0 aliphatic heterocycles. The number of ether oxygens (including phenoxy) is 1. The number of hydrogen-bond donors (Lipinski definition) is 0. The van der Waals surface area contributed by atoms with Gasteiger partial charge in [-0.2, -0.15) is 5.10 Å². The normalized spacial score (nSPS) is 10.5. The number of ketones is 1. The molecule has 0 amide bonds. The molecule has 1 aromatic carbocycles. The molecule has 0 saturated heterocycles. The first-order valence-corrected chi connectivity index (χ1v) is 6.83. The van der Waals surface area contributed by atoms with E-state index in [0.717, 1.165) is 0 Å². The first-order chi connectivity index (χ1) is 10.4. The molecule has 0 bridgehead atoms. The van der Waals surface area contributed by atoms with Gasteiger partial charge in [0.15, 0.2) is 5.78 Å². The summed E-state index contributed by atoms with van der Waals surface area (Å²) < 4.78 is 7.16. The van der Waals surface area contributed by atoms with Crippen LogP contribution in [-0.2, 0) is 6.54 Å². The summed E-state index contributed by atoms with van der Waals surface area (Å²) in [7, 11) is 0. The molecule has 0 saturated carbocycles. The van der Waals surface area contributed by atoms with Crippen LogP contribution in [0.1, 0.15) is 28.7 Å². The number of nitro groups is 1. The van der Waals surface area contributed by atoms with E-state index in [1.165, 1.54) is 6.92 Å². The minimum absolute atomic E-state index is 0.0316. The number of para-hydroxylation sites is 1. The minimum Gasteiger partial charge on any atom is -0.491 e. The molecule has 0 unspecified atom stereocenters. The molecule has 116 valence electrons. The molecule has 0 radical (unpaired) electrons. The molecule has 0 atom stereocenters. The Morgan fingerprint density at radius 1 is 1.36 bits per heavy atom. The second-order valence-corrected chi connectivity index (χ2v) is 4.90. The summed E-state index contributed by atoms with van der Waals surface area (Å²) in [5.74, 6) is 0.434. The molecule has 22 heavy (non-hydrogen) atoms. The van der Waals surface area contributed by atoms with Crippen LogP contribution < -0.4 is 4.74 Å². The van der Waals surface area contributed by atoms with Gasteiger partial charge in [0.1, 0.15) is 23.7 Å². The summed E-state index contributed by atoms with van der Waals surface area (Å²) >= 11 is 0. The Morgan fingerprint density at radius 3 is 2.64 bits per heavy atom. The van der Waals surface area contributed by atoms with Gasteiger partial charge in [-0.1, -0.05) is 12.1 Å². The number of rotatable bonds is 6. The van der Waals surface area contributed by atoms with Crippen LogP contribution in [0.4, 0.5) is 5.69 Å². The molecule has 7 heteroatoms. The largest absolute Gasteiger partial charge is 0.491 e. The van der Waals surface area contributed by atoms with E-state index in [9.17, 15) is 14.9 Å². The van der Waals surface area contributed by atoms with Gasteiger partial charge in [-0.3, -0.25) is 19.6 Å². The first kappa shape index (κ1) is 15.7. The third kappa shape index (κ3) is 3.13. The van der Waals surface area contributed by atoms with Gasteiger partial charge in [0, 0.05) is 0 Å². The van der Waals surface area contributed by atoms with Crippen molar-refractivity contribution in [3.63, 3.8) is 0 Å². The fourth-order valence-corrected chi connectivity index (χ4v) is 2.29. The van der Waals surface area contributed by atoms with Crippen molar-refractivity contribution in [2.45, 2.75) is 27.3 Å². The summed E-state index contributed by atoms with van der Waals surface area (Å²) in [6, 6.07) is 6.98. The average Bonchev–Trinajstić information content (AvgIpc) is 2.74. The van der Waals surface area contributed by atoms with Gasteiger partial charge in [0.05, 0.1) is 17.0 Å². The van der Waals surface area contributed by atoms with Crippen molar-refractivity contribution in [3.05, 3.63) is 51.3 Å². The van der Waals surface area contributed by atoms with E-state index in [0.29, 0.717) is 29.2 Å². The van der Waals surface area contributed by atoms with Gasteiger partial charge in [0.2, 0.25) is 0 Å². The first-order valence-electron chi connectivity index (χ1n) is 6.83. The lowest BCUT2D eigenvalue weighted by Gasteiger charge is -2.10. The Balaban J connectivity index is 2.08. The van der Waals surface area contributed by atoms with E-state index in [1.54, 1.807) is 42.8 Å². The van der Waals surface area contributed by atoms with Crippen LogP contribution in [0.5, 0.6) is 5.75 Å². The maximum absolute atomic E-state index is 11.5. The second kappa shape index (κ2) is 6.38. The van der Waals surface area contributed by atoms with E-state index in [1.807, 2.05) is 0 Å². The Morgan fingerprint density at radius 2 is 2.05 bits per heavy atom. The van der Waals surface area contributed by atoms with Crippen molar-refractivity contribution >= 4 is 11.5 Å². The SMILES string of the molecule is CC(=O)c1ccccc1OCCn1nc(C)c([N+](=O)[O-])c1C. The highest BCUT2D eigenvalue weighted by Crippen LogP contribution is 2.22. The second-order valence-electron chi connectivity index (χ2n) is 4.90. The third-order valence-electron chi connectivity index (χ3n) is 3.35. The monoisotopic (exact) mass is 303 g/mol. The highest BCUT2D eigenvalue weighted by atomic mass is 16.6. The zero-order chi connectivity index (χ0) is 16.3. The fourth-order valence-electron chi connectivity index (χ4n) is 2.29. The lowest BCUT2D eigenvalue weighted by atomic mass is 10.1. The summed E-state index contributed by atoms with van der Waals surface area (Å²) in [5, 5.41) is 15.1. The molecular formula is C15H17N3O4. The Bertz CT molecular complexity index is 722. The summed E-state index contributed by atoms with van der Waals surface area (Å²) in [4.78, 5) is 22.0. The summed E-state index contributed by atoms with van der Waals surface area (Å²) in [6.07, 6.45) is 0. The summed E-state index contributed by atoms with van der Waals surface area (Å²) in [5.41, 5.74) is 1.42. The molecule has 0 N–H and O–H groups in total. The zero-order valence-corrected chi connectivity index (χ0v) is 12.7. The molecule has 1 heterocycles. The summed E-state index contributed by atoms with van der Waals surface area (Å²) in [6.45, 7) is 5.37. The Kier molecular flexibility index (Phi) is 4.55. The molecule has 2 aromatic rings. The van der Waals surface area contributed by atoms with Gasteiger partial charge in [0.25, 0.3) is 0 Å². The highest BCUT2D eigenvalue weighted by molar-refractivity contribution is 5.96. The van der Waals surface area contributed by atoms with Crippen molar-refractivity contribution in [2.24, 2.45) is 0 Å². The topological polar surface area (TPSA) is 87.3 Å². The van der Waals surface area contributed by atoms with Gasteiger partial charge in [-0.15, -0.1) is 0 Å². The molecule has 1 aromatic heterocycles. The molecule has 0 aliphatic rings. The van der Waals surface area contributed by atoms with Crippen LogP contribution in [0, 0.1) is 24.0 Å². The lowest BCUT2D eigenvalue weighted by molar-refractivity contribution is -0.386. The lowest BCUT2D eigenvalue weighted by Crippen LogP contribution is -2.12. The van der Waals surface area contributed by atoms with Gasteiger partial charge in [-0.05, 0) is 32.9 Å². The Labute approximate surface area is 127 Å². The van der Waals surface area contributed by atoms with Crippen LogP contribution in [0.15, 0.2) is 24.3 Å². The van der Waals surface area contributed by atoms with Crippen molar-refractivity contribution < 1.29 is 14.5 Å². The van der Waals surface area contributed by atoms with Crippen molar-refractivity contribution in [3.8, 4) is 5.75 Å². The van der Waals surface area contributed by atoms with Crippen molar-refractivity contribution in [1.82, 2.24) is 9.78 Å². The van der Waals surface area contributed by atoms with Crippen LogP contribution in [0.2, 0.25) is 0 Å². The zero-order valence-electron chi connectivity index (χ0n) is 12.7.